The highest BCUT2D eigenvalue weighted by molar-refractivity contribution is 7.91. The lowest BCUT2D eigenvalue weighted by Gasteiger charge is -2.29. The fraction of sp³-hybridized carbons (Fsp3) is 0.586. The van der Waals surface area contributed by atoms with Gasteiger partial charge in [0.05, 0.1) is 16.5 Å². The fourth-order valence-electron chi connectivity index (χ4n) is 6.35. The summed E-state index contributed by atoms with van der Waals surface area (Å²) < 4.78 is 39.3. The molecule has 4 rings (SSSR count). The van der Waals surface area contributed by atoms with Crippen molar-refractivity contribution in [2.24, 2.45) is 7.05 Å². The molecule has 2 aliphatic carbocycles. The maximum atomic E-state index is 13.8. The number of hydrogen-bond donors (Lipinski definition) is 3. The van der Waals surface area contributed by atoms with Gasteiger partial charge in [0.2, 0.25) is 0 Å². The van der Waals surface area contributed by atoms with E-state index in [1.54, 1.807) is 31.5 Å². The molecule has 1 atom stereocenters. The number of nitrogens with zero attached hydrogens (tertiary/aromatic N) is 1. The minimum absolute atomic E-state index is 0.119. The number of benzene rings is 1. The number of sulfone groups is 1. The molecule has 3 N–H and O–H groups in total. The molecule has 1 heterocycles. The number of aliphatic hydroxyl groups is 1. The number of rotatable bonds is 7. The number of halogens is 1. The normalized spacial score (nSPS) is 21.4. The molecule has 1 aromatic heterocycles. The van der Waals surface area contributed by atoms with E-state index in [2.05, 4.69) is 10.6 Å². The summed E-state index contributed by atoms with van der Waals surface area (Å²) in [5.74, 6) is -1.15. The zero-order valence-electron chi connectivity index (χ0n) is 23.2. The van der Waals surface area contributed by atoms with Gasteiger partial charge in [-0.05, 0) is 87.6 Å². The van der Waals surface area contributed by atoms with Gasteiger partial charge in [0.15, 0.2) is 6.10 Å². The van der Waals surface area contributed by atoms with Crippen LogP contribution in [0, 0.1) is 19.7 Å². The number of nitrogens with one attached hydrogen (secondary N) is 2. The van der Waals surface area contributed by atoms with Crippen LogP contribution in [0.3, 0.4) is 0 Å². The maximum absolute atomic E-state index is 13.8. The lowest BCUT2D eigenvalue weighted by Crippen LogP contribution is -2.42. The Labute approximate surface area is 230 Å². The Balaban J connectivity index is 1.60. The van der Waals surface area contributed by atoms with Crippen molar-refractivity contribution in [2.45, 2.75) is 94.9 Å². The summed E-state index contributed by atoms with van der Waals surface area (Å²) in [5, 5.41) is 16.6. The van der Waals surface area contributed by atoms with Crippen LogP contribution in [0.5, 0.6) is 0 Å². The summed E-state index contributed by atoms with van der Waals surface area (Å²) in [6.45, 7) is 3.38. The molecule has 0 aliphatic heterocycles. The minimum atomic E-state index is -3.12. The lowest BCUT2D eigenvalue weighted by molar-refractivity contribution is -0.130. The van der Waals surface area contributed by atoms with Crippen LogP contribution in [0.25, 0.3) is 0 Å². The number of aliphatic hydroxyl groups excluding tert-OH is 1. The molecule has 2 fully saturated rings. The molecule has 1 unspecified atom stereocenters. The summed E-state index contributed by atoms with van der Waals surface area (Å²) in [4.78, 5) is 26.8. The maximum Gasteiger partial charge on any atom is 0.257 e. The first-order chi connectivity index (χ1) is 18.4. The highest BCUT2D eigenvalue weighted by Gasteiger charge is 2.35. The van der Waals surface area contributed by atoms with Crippen LogP contribution in [0.2, 0.25) is 0 Å². The van der Waals surface area contributed by atoms with E-state index in [9.17, 15) is 27.5 Å². The lowest BCUT2D eigenvalue weighted by atomic mass is 9.85. The molecule has 10 heteroatoms. The van der Waals surface area contributed by atoms with Crippen LogP contribution < -0.4 is 10.6 Å². The van der Waals surface area contributed by atoms with Crippen molar-refractivity contribution in [3.63, 3.8) is 0 Å². The summed E-state index contributed by atoms with van der Waals surface area (Å²) in [5.41, 5.74) is 3.06. The number of carbonyl (C=O) groups excluding carboxylic acids is 2. The van der Waals surface area contributed by atoms with Crippen LogP contribution >= 0.6 is 0 Å². The van der Waals surface area contributed by atoms with Gasteiger partial charge < -0.3 is 20.3 Å². The molecule has 2 aromatic rings. The molecule has 1 aromatic carbocycles. The van der Waals surface area contributed by atoms with Crippen molar-refractivity contribution in [3.05, 3.63) is 52.1 Å². The molecule has 2 aliphatic rings. The number of amides is 2. The zero-order valence-corrected chi connectivity index (χ0v) is 24.0. The van der Waals surface area contributed by atoms with E-state index in [1.165, 1.54) is 18.4 Å². The third-order valence-corrected chi connectivity index (χ3v) is 10.2. The molecular formula is C29H40FN3O5S. The van der Waals surface area contributed by atoms with Crippen molar-refractivity contribution in [2.75, 3.05) is 11.6 Å². The van der Waals surface area contributed by atoms with Gasteiger partial charge in [0.1, 0.15) is 15.7 Å². The summed E-state index contributed by atoms with van der Waals surface area (Å²) >= 11 is 0. The van der Waals surface area contributed by atoms with Gasteiger partial charge >= 0.3 is 0 Å². The zero-order chi connectivity index (χ0) is 28.5. The van der Waals surface area contributed by atoms with Crippen LogP contribution in [0.15, 0.2) is 18.2 Å². The average Bonchev–Trinajstić information content (AvgIpc) is 3.15. The topological polar surface area (TPSA) is 118 Å². The molecule has 0 bridgehead atoms. The van der Waals surface area contributed by atoms with Gasteiger partial charge in [0.25, 0.3) is 11.8 Å². The SMILES string of the molecule is Cc1cc(NC(=O)c2c(C)c(C(O)C(=O)NC3CCC(S(C)(=O)=O)CC3)n(C)c2C2CCCCC2)ccc1F. The molecule has 39 heavy (non-hydrogen) atoms. The van der Waals surface area contributed by atoms with E-state index < -0.39 is 27.1 Å². The van der Waals surface area contributed by atoms with Gasteiger partial charge in [0, 0.05) is 30.7 Å². The monoisotopic (exact) mass is 561 g/mol. The van der Waals surface area contributed by atoms with Gasteiger partial charge in [-0.3, -0.25) is 9.59 Å². The number of hydrogen-bond acceptors (Lipinski definition) is 5. The highest BCUT2D eigenvalue weighted by Crippen LogP contribution is 2.39. The van der Waals surface area contributed by atoms with Crippen LogP contribution in [-0.2, 0) is 21.7 Å². The largest absolute Gasteiger partial charge is 0.377 e. The molecule has 0 spiro atoms. The van der Waals surface area contributed by atoms with Crippen LogP contribution in [-0.4, -0.2) is 47.5 Å². The van der Waals surface area contributed by atoms with Gasteiger partial charge in [-0.25, -0.2) is 12.8 Å². The summed E-state index contributed by atoms with van der Waals surface area (Å²) in [6, 6.07) is 4.19. The molecule has 8 nitrogen and oxygen atoms in total. The predicted molar refractivity (Wildman–Crippen MR) is 149 cm³/mol. The van der Waals surface area contributed by atoms with Crippen molar-refractivity contribution in [3.8, 4) is 0 Å². The van der Waals surface area contributed by atoms with E-state index in [4.69, 9.17) is 0 Å². The molecule has 214 valence electrons. The van der Waals surface area contributed by atoms with Crippen molar-refractivity contribution < 1.29 is 27.5 Å². The van der Waals surface area contributed by atoms with E-state index in [-0.39, 0.29) is 23.7 Å². The number of anilines is 1. The quantitative estimate of drug-likeness (QED) is 0.457. The Hall–Kier alpha value is -2.72. The third kappa shape index (κ3) is 6.38. The molecule has 2 saturated carbocycles. The molecule has 2 amide bonds. The van der Waals surface area contributed by atoms with Crippen LogP contribution in [0.4, 0.5) is 10.1 Å². The van der Waals surface area contributed by atoms with E-state index in [1.807, 2.05) is 0 Å². The summed E-state index contributed by atoms with van der Waals surface area (Å²) in [6.07, 6.45) is 6.81. The Bertz CT molecular complexity index is 1340. The third-order valence-electron chi connectivity index (χ3n) is 8.51. The smallest absolute Gasteiger partial charge is 0.257 e. The molecule has 0 radical (unpaired) electrons. The second-order valence-corrected chi connectivity index (χ2v) is 13.6. The van der Waals surface area contributed by atoms with E-state index in [0.717, 1.165) is 37.8 Å². The second-order valence-electron chi connectivity index (χ2n) is 11.3. The Morgan fingerprint density at radius 1 is 1.05 bits per heavy atom. The number of carbonyl (C=O) groups is 2. The molecule has 0 saturated heterocycles. The average molecular weight is 562 g/mol. The Morgan fingerprint density at radius 2 is 1.69 bits per heavy atom. The van der Waals surface area contributed by atoms with Gasteiger partial charge in [-0.1, -0.05) is 19.3 Å². The Kier molecular flexibility index (Phi) is 8.85. The second kappa shape index (κ2) is 11.8. The van der Waals surface area contributed by atoms with E-state index in [0.29, 0.717) is 53.8 Å². The fourth-order valence-corrected chi connectivity index (χ4v) is 7.48. The summed E-state index contributed by atoms with van der Waals surface area (Å²) in [7, 11) is -1.33. The molecular weight excluding hydrogens is 521 g/mol. The highest BCUT2D eigenvalue weighted by atomic mass is 32.2. The van der Waals surface area contributed by atoms with Gasteiger partial charge in [-0.15, -0.1) is 0 Å². The first-order valence-corrected chi connectivity index (χ1v) is 15.8. The predicted octanol–water partition coefficient (Wildman–Crippen LogP) is 4.59. The minimum Gasteiger partial charge on any atom is -0.377 e. The number of aryl methyl sites for hydroxylation is 1. The number of aromatic nitrogens is 1. The first-order valence-electron chi connectivity index (χ1n) is 13.8. The Morgan fingerprint density at radius 3 is 2.28 bits per heavy atom. The van der Waals surface area contributed by atoms with E-state index >= 15 is 0 Å². The van der Waals surface area contributed by atoms with Crippen molar-refractivity contribution in [1.29, 1.82) is 0 Å². The standard InChI is InChI=1S/C29H40FN3O5S/c1-17-16-21(12-15-23(17)30)32-28(35)24-18(2)25(33(3)26(24)19-8-6-5-7-9-19)27(34)29(36)31-20-10-13-22(14-11-20)39(4,37)38/h12,15-16,19-20,22,27,34H,5-11,13-14H2,1-4H3,(H,31,36)(H,32,35). The van der Waals surface area contributed by atoms with Crippen molar-refractivity contribution in [1.82, 2.24) is 9.88 Å². The first kappa shape index (κ1) is 29.3. The van der Waals surface area contributed by atoms with Crippen molar-refractivity contribution >= 4 is 27.3 Å². The van der Waals surface area contributed by atoms with Crippen LogP contribution in [0.1, 0.15) is 103 Å². The van der Waals surface area contributed by atoms with Gasteiger partial charge in [-0.2, -0.15) is 0 Å².